The number of rotatable bonds is 4. The molecule has 19 heavy (non-hydrogen) atoms. The van der Waals surface area contributed by atoms with Gasteiger partial charge in [0.05, 0.1) is 6.54 Å². The molecule has 0 unspecified atom stereocenters. The molecule has 2 N–H and O–H groups in total. The van der Waals surface area contributed by atoms with Crippen molar-refractivity contribution in [2.75, 3.05) is 39.8 Å². The lowest BCUT2D eigenvalue weighted by Crippen LogP contribution is -2.34. The maximum Gasteiger partial charge on any atom is 0.147 e. The number of likely N-dealkylation sites (N-methyl/N-ethyl adjacent to an activating group) is 1. The average molecular weight is 267 g/mol. The first-order chi connectivity index (χ1) is 9.13. The van der Waals surface area contributed by atoms with E-state index in [4.69, 9.17) is 5.73 Å². The van der Waals surface area contributed by atoms with Crippen LogP contribution >= 0.6 is 0 Å². The van der Waals surface area contributed by atoms with Crippen molar-refractivity contribution in [1.82, 2.24) is 9.80 Å². The third-order valence-electron chi connectivity index (χ3n) is 4.62. The van der Waals surface area contributed by atoms with E-state index >= 15 is 0 Å². The van der Waals surface area contributed by atoms with Gasteiger partial charge >= 0.3 is 0 Å². The Hall–Kier alpha value is -0.450. The van der Waals surface area contributed by atoms with Crippen molar-refractivity contribution in [3.63, 3.8) is 0 Å². The summed E-state index contributed by atoms with van der Waals surface area (Å²) in [5.74, 6) is 1.03. The number of nitrogens with zero attached hydrogens (tertiary/aromatic N) is 2. The predicted molar refractivity (Wildman–Crippen MR) is 78.1 cm³/mol. The number of hydrogen-bond acceptors (Lipinski definition) is 4. The second kappa shape index (κ2) is 7.36. The Morgan fingerprint density at radius 3 is 2.58 bits per heavy atom. The highest BCUT2D eigenvalue weighted by molar-refractivity contribution is 5.80. The molecule has 1 aliphatic heterocycles. The van der Waals surface area contributed by atoms with Crippen molar-refractivity contribution in [2.24, 2.45) is 11.7 Å². The molecule has 0 amide bonds. The Balaban J connectivity index is 1.68. The van der Waals surface area contributed by atoms with Gasteiger partial charge in [0.25, 0.3) is 0 Å². The summed E-state index contributed by atoms with van der Waals surface area (Å²) in [6, 6.07) is 0.382. The highest BCUT2D eigenvalue weighted by Crippen LogP contribution is 2.26. The summed E-state index contributed by atoms with van der Waals surface area (Å²) in [4.78, 5) is 16.9. The van der Waals surface area contributed by atoms with E-state index in [0.29, 0.717) is 24.3 Å². The van der Waals surface area contributed by atoms with Gasteiger partial charge in [0.2, 0.25) is 0 Å². The Kier molecular flexibility index (Phi) is 5.79. The van der Waals surface area contributed by atoms with E-state index < -0.39 is 0 Å². The van der Waals surface area contributed by atoms with Crippen LogP contribution in [0.15, 0.2) is 0 Å². The highest BCUT2D eigenvalue weighted by atomic mass is 16.1. The Labute approximate surface area is 117 Å². The van der Waals surface area contributed by atoms with Gasteiger partial charge < -0.3 is 10.6 Å². The third-order valence-corrected chi connectivity index (χ3v) is 4.62. The molecule has 0 atom stereocenters. The zero-order valence-electron chi connectivity index (χ0n) is 12.3. The maximum absolute atomic E-state index is 12.2. The van der Waals surface area contributed by atoms with Gasteiger partial charge in [-0.05, 0) is 58.2 Å². The molecule has 0 spiro atoms. The number of ketones is 1. The fraction of sp³-hybridized carbons (Fsp3) is 0.933. The van der Waals surface area contributed by atoms with Crippen LogP contribution in [0.2, 0.25) is 0 Å². The molecule has 1 saturated carbocycles. The molecule has 1 heterocycles. The van der Waals surface area contributed by atoms with Gasteiger partial charge in [-0.1, -0.05) is 0 Å². The number of carbonyl (C=O) groups is 1. The van der Waals surface area contributed by atoms with Crippen LogP contribution in [0.5, 0.6) is 0 Å². The first-order valence-electron chi connectivity index (χ1n) is 7.81. The smallest absolute Gasteiger partial charge is 0.147 e. The molecule has 0 radical (unpaired) electrons. The Morgan fingerprint density at radius 2 is 1.84 bits per heavy atom. The average Bonchev–Trinajstić information content (AvgIpc) is 2.57. The fourth-order valence-electron chi connectivity index (χ4n) is 3.29. The van der Waals surface area contributed by atoms with E-state index in [1.165, 1.54) is 6.42 Å². The first kappa shape index (κ1) is 14.9. The lowest BCUT2D eigenvalue weighted by atomic mass is 9.83. The molecule has 4 heteroatoms. The second-order valence-electron chi connectivity index (χ2n) is 6.46. The lowest BCUT2D eigenvalue weighted by Gasteiger charge is -2.26. The van der Waals surface area contributed by atoms with Crippen LogP contribution in [0.25, 0.3) is 0 Å². The quantitative estimate of drug-likeness (QED) is 0.829. The summed E-state index contributed by atoms with van der Waals surface area (Å²) < 4.78 is 0. The minimum Gasteiger partial charge on any atom is -0.328 e. The standard InChI is InChI=1S/C15H29N3O/c1-17-7-2-8-18(10-9-17)12-15(19)11-13-3-5-14(16)6-4-13/h13-14H,2-12,16H2,1H3. The Morgan fingerprint density at radius 1 is 1.11 bits per heavy atom. The third kappa shape index (κ3) is 5.21. The molecule has 0 bridgehead atoms. The fourth-order valence-corrected chi connectivity index (χ4v) is 3.29. The number of carbonyl (C=O) groups excluding carboxylic acids is 1. The van der Waals surface area contributed by atoms with E-state index in [2.05, 4.69) is 16.8 Å². The summed E-state index contributed by atoms with van der Waals surface area (Å²) in [5, 5.41) is 0. The monoisotopic (exact) mass is 267 g/mol. The van der Waals surface area contributed by atoms with Crippen molar-refractivity contribution in [1.29, 1.82) is 0 Å². The zero-order chi connectivity index (χ0) is 13.7. The zero-order valence-corrected chi connectivity index (χ0v) is 12.3. The highest BCUT2D eigenvalue weighted by Gasteiger charge is 2.22. The molecule has 2 aliphatic rings. The van der Waals surface area contributed by atoms with Gasteiger partial charge in [-0.3, -0.25) is 9.69 Å². The summed E-state index contributed by atoms with van der Waals surface area (Å²) in [5.41, 5.74) is 5.91. The van der Waals surface area contributed by atoms with Crippen molar-refractivity contribution in [3.05, 3.63) is 0 Å². The molecular weight excluding hydrogens is 238 g/mol. The molecule has 0 aromatic rings. The molecule has 110 valence electrons. The van der Waals surface area contributed by atoms with Crippen molar-refractivity contribution in [3.8, 4) is 0 Å². The second-order valence-corrected chi connectivity index (χ2v) is 6.46. The van der Waals surface area contributed by atoms with Gasteiger partial charge in [0.15, 0.2) is 0 Å². The minimum absolute atomic E-state index is 0.382. The van der Waals surface area contributed by atoms with Gasteiger partial charge in [-0.15, -0.1) is 0 Å². The summed E-state index contributed by atoms with van der Waals surface area (Å²) >= 11 is 0. The number of Topliss-reactive ketones (excluding diaryl/α,β-unsaturated/α-hetero) is 1. The molecule has 0 aromatic heterocycles. The topological polar surface area (TPSA) is 49.6 Å². The lowest BCUT2D eigenvalue weighted by molar-refractivity contribution is -0.121. The Bertz CT molecular complexity index is 287. The van der Waals surface area contributed by atoms with E-state index in [0.717, 1.165) is 58.3 Å². The van der Waals surface area contributed by atoms with Gasteiger partial charge in [0, 0.05) is 25.6 Å². The van der Waals surface area contributed by atoms with Crippen LogP contribution in [0.4, 0.5) is 0 Å². The van der Waals surface area contributed by atoms with Crippen molar-refractivity contribution >= 4 is 5.78 Å². The van der Waals surface area contributed by atoms with Crippen LogP contribution in [0.3, 0.4) is 0 Å². The molecular formula is C15H29N3O. The largest absolute Gasteiger partial charge is 0.328 e. The van der Waals surface area contributed by atoms with Crippen molar-refractivity contribution < 1.29 is 4.79 Å². The van der Waals surface area contributed by atoms with Gasteiger partial charge in [-0.2, -0.15) is 0 Å². The van der Waals surface area contributed by atoms with E-state index in [1.54, 1.807) is 0 Å². The molecule has 2 rings (SSSR count). The molecule has 1 saturated heterocycles. The summed E-state index contributed by atoms with van der Waals surface area (Å²) in [7, 11) is 2.16. The van der Waals surface area contributed by atoms with E-state index in [9.17, 15) is 4.79 Å². The number of hydrogen-bond donors (Lipinski definition) is 1. The minimum atomic E-state index is 0.382. The summed E-state index contributed by atoms with van der Waals surface area (Å²) in [6.45, 7) is 5.02. The first-order valence-corrected chi connectivity index (χ1v) is 7.81. The number of nitrogens with two attached hydrogens (primary N) is 1. The van der Waals surface area contributed by atoms with Crippen LogP contribution in [-0.2, 0) is 4.79 Å². The van der Waals surface area contributed by atoms with Gasteiger partial charge in [-0.25, -0.2) is 0 Å². The molecule has 1 aliphatic carbocycles. The van der Waals surface area contributed by atoms with Crippen LogP contribution in [0.1, 0.15) is 38.5 Å². The van der Waals surface area contributed by atoms with Crippen LogP contribution in [-0.4, -0.2) is 61.4 Å². The van der Waals surface area contributed by atoms with Gasteiger partial charge in [0.1, 0.15) is 5.78 Å². The van der Waals surface area contributed by atoms with Crippen LogP contribution < -0.4 is 5.73 Å². The van der Waals surface area contributed by atoms with Crippen LogP contribution in [0, 0.1) is 5.92 Å². The molecule has 4 nitrogen and oxygen atoms in total. The predicted octanol–water partition coefficient (Wildman–Crippen LogP) is 1.10. The van der Waals surface area contributed by atoms with E-state index in [-0.39, 0.29) is 0 Å². The normalized spacial score (nSPS) is 31.1. The van der Waals surface area contributed by atoms with E-state index in [1.807, 2.05) is 0 Å². The summed E-state index contributed by atoms with van der Waals surface area (Å²) in [6.07, 6.45) is 6.46. The SMILES string of the molecule is CN1CCCN(CC(=O)CC2CCC(N)CC2)CC1. The maximum atomic E-state index is 12.2. The molecule has 0 aromatic carbocycles. The van der Waals surface area contributed by atoms with Crippen molar-refractivity contribution in [2.45, 2.75) is 44.6 Å². The molecule has 2 fully saturated rings.